The van der Waals surface area contributed by atoms with E-state index in [-0.39, 0.29) is 5.12 Å². The van der Waals surface area contributed by atoms with E-state index in [0.29, 0.717) is 10.1 Å². The lowest BCUT2D eigenvalue weighted by molar-refractivity contribution is 0.108. The zero-order valence-corrected chi connectivity index (χ0v) is 11.7. The maximum absolute atomic E-state index is 12.0. The quantitative estimate of drug-likeness (QED) is 0.762. The lowest BCUT2D eigenvalue weighted by Gasteiger charge is -2.11. The number of hydrogen-bond donors (Lipinski definition) is 0. The van der Waals surface area contributed by atoms with Crippen LogP contribution in [-0.2, 0) is 0 Å². The van der Waals surface area contributed by atoms with Crippen molar-refractivity contribution < 1.29 is 4.79 Å². The first-order valence-corrected chi connectivity index (χ1v) is 7.38. The normalized spacial score (nSPS) is 24.6. The van der Waals surface area contributed by atoms with Crippen molar-refractivity contribution in [2.75, 3.05) is 0 Å². The molecule has 1 aliphatic rings. The molecule has 0 aromatic heterocycles. The Morgan fingerprint density at radius 1 is 1.31 bits per heavy atom. The molecule has 0 N–H and O–H groups in total. The second-order valence-corrected chi connectivity index (χ2v) is 6.64. The Balaban J connectivity index is 2.00. The van der Waals surface area contributed by atoms with Gasteiger partial charge >= 0.3 is 0 Å². The number of hydrogen-bond acceptors (Lipinski definition) is 2. The molecule has 2 atom stereocenters. The second kappa shape index (κ2) is 5.37. The van der Waals surface area contributed by atoms with E-state index in [9.17, 15) is 4.79 Å². The van der Waals surface area contributed by atoms with Crippen LogP contribution >= 0.6 is 27.7 Å². The van der Waals surface area contributed by atoms with E-state index in [1.165, 1.54) is 30.2 Å². The van der Waals surface area contributed by atoms with E-state index in [0.717, 1.165) is 12.0 Å². The summed E-state index contributed by atoms with van der Waals surface area (Å²) in [4.78, 5) is 12.5. The molecule has 86 valence electrons. The molecule has 2 unspecified atom stereocenters. The minimum absolute atomic E-state index is 0.205. The summed E-state index contributed by atoms with van der Waals surface area (Å²) < 4.78 is 0. The van der Waals surface area contributed by atoms with Gasteiger partial charge in [0.2, 0.25) is 5.12 Å². The van der Waals surface area contributed by atoms with Gasteiger partial charge in [0, 0.05) is 15.6 Å². The van der Waals surface area contributed by atoms with Crippen LogP contribution in [0.1, 0.15) is 35.2 Å². The zero-order chi connectivity index (χ0) is 11.5. The van der Waals surface area contributed by atoms with Gasteiger partial charge in [-0.3, -0.25) is 4.79 Å². The molecule has 0 aliphatic heterocycles. The Morgan fingerprint density at radius 2 is 2.00 bits per heavy atom. The van der Waals surface area contributed by atoms with E-state index >= 15 is 0 Å². The lowest BCUT2D eigenvalue weighted by atomic mass is 10.2. The molecule has 1 saturated carbocycles. The monoisotopic (exact) mass is 298 g/mol. The number of carbonyl (C=O) groups is 1. The van der Waals surface area contributed by atoms with Gasteiger partial charge in [0.05, 0.1) is 0 Å². The van der Waals surface area contributed by atoms with Crippen LogP contribution in [0.25, 0.3) is 0 Å². The molecule has 0 amide bonds. The van der Waals surface area contributed by atoms with E-state index in [1.807, 2.05) is 31.2 Å². The predicted octanol–water partition coefficient (Wildman–Crippen LogP) is 4.18. The van der Waals surface area contributed by atoms with Crippen molar-refractivity contribution in [2.45, 2.75) is 36.3 Å². The first kappa shape index (κ1) is 12.2. The number of alkyl halides is 1. The molecule has 0 radical (unpaired) electrons. The summed E-state index contributed by atoms with van der Waals surface area (Å²) >= 11 is 5.13. The van der Waals surface area contributed by atoms with Crippen molar-refractivity contribution in [3.63, 3.8) is 0 Å². The van der Waals surface area contributed by atoms with Crippen LogP contribution in [0, 0.1) is 6.92 Å². The first-order valence-electron chi connectivity index (χ1n) is 5.58. The number of aryl methyl sites for hydroxylation is 1. The van der Waals surface area contributed by atoms with Crippen molar-refractivity contribution in [3.8, 4) is 0 Å². The van der Waals surface area contributed by atoms with Crippen LogP contribution < -0.4 is 0 Å². The lowest BCUT2D eigenvalue weighted by Crippen LogP contribution is -2.11. The summed E-state index contributed by atoms with van der Waals surface area (Å²) in [6.45, 7) is 2.03. The van der Waals surface area contributed by atoms with Crippen LogP contribution in [0.2, 0.25) is 0 Å². The fraction of sp³-hybridized carbons (Fsp3) is 0.462. The highest BCUT2D eigenvalue weighted by atomic mass is 79.9. The minimum Gasteiger partial charge on any atom is -0.282 e. The average Bonchev–Trinajstić information content (AvgIpc) is 2.65. The molecule has 0 heterocycles. The zero-order valence-electron chi connectivity index (χ0n) is 9.28. The standard InChI is InChI=1S/C13H15BrOS/c1-9-5-7-10(8-6-9)13(15)16-12-4-2-3-11(12)14/h5-8,11-12H,2-4H2,1H3. The van der Waals surface area contributed by atoms with Crippen LogP contribution in [0.4, 0.5) is 0 Å². The third-order valence-corrected chi connectivity index (χ3v) is 5.68. The van der Waals surface area contributed by atoms with Crippen molar-refractivity contribution in [1.29, 1.82) is 0 Å². The van der Waals surface area contributed by atoms with Crippen molar-refractivity contribution in [2.24, 2.45) is 0 Å². The Morgan fingerprint density at radius 3 is 2.56 bits per heavy atom. The molecule has 0 spiro atoms. The number of halogens is 1. The largest absolute Gasteiger partial charge is 0.282 e. The summed E-state index contributed by atoms with van der Waals surface area (Å²) in [6.07, 6.45) is 3.58. The van der Waals surface area contributed by atoms with Gasteiger partial charge in [0.25, 0.3) is 0 Å². The van der Waals surface area contributed by atoms with E-state index < -0.39 is 0 Å². The number of carbonyl (C=O) groups excluding carboxylic acids is 1. The summed E-state index contributed by atoms with van der Waals surface area (Å²) in [5.41, 5.74) is 2.02. The smallest absolute Gasteiger partial charge is 0.219 e. The van der Waals surface area contributed by atoms with Crippen molar-refractivity contribution >= 4 is 32.8 Å². The Labute approximate surface area is 109 Å². The molecule has 0 bridgehead atoms. The molecule has 0 saturated heterocycles. The molecular formula is C13H15BrOS. The molecule has 1 nitrogen and oxygen atoms in total. The molecule has 1 aromatic carbocycles. The molecule has 3 heteroatoms. The highest BCUT2D eigenvalue weighted by molar-refractivity contribution is 9.09. The van der Waals surface area contributed by atoms with E-state index in [4.69, 9.17) is 0 Å². The Hall–Kier alpha value is -0.280. The van der Waals surface area contributed by atoms with Crippen molar-refractivity contribution in [1.82, 2.24) is 0 Å². The number of rotatable bonds is 2. The third-order valence-electron chi connectivity index (χ3n) is 2.92. The van der Waals surface area contributed by atoms with Gasteiger partial charge in [-0.2, -0.15) is 0 Å². The summed E-state index contributed by atoms with van der Waals surface area (Å²) in [5, 5.41) is 0.658. The SMILES string of the molecule is Cc1ccc(C(=O)SC2CCCC2Br)cc1. The maximum atomic E-state index is 12.0. The first-order chi connectivity index (χ1) is 7.66. The highest BCUT2D eigenvalue weighted by Gasteiger charge is 2.27. The molecule has 1 aromatic rings. The average molecular weight is 299 g/mol. The number of thioether (sulfide) groups is 1. The summed E-state index contributed by atoms with van der Waals surface area (Å²) in [6, 6.07) is 7.83. The summed E-state index contributed by atoms with van der Waals surface area (Å²) in [5.74, 6) is 0. The second-order valence-electron chi connectivity index (χ2n) is 4.26. The van der Waals surface area contributed by atoms with Gasteiger partial charge in [-0.15, -0.1) is 0 Å². The predicted molar refractivity (Wildman–Crippen MR) is 73.5 cm³/mol. The van der Waals surface area contributed by atoms with Gasteiger partial charge < -0.3 is 0 Å². The van der Waals surface area contributed by atoms with Gasteiger partial charge in [-0.25, -0.2) is 0 Å². The highest BCUT2D eigenvalue weighted by Crippen LogP contribution is 2.36. The van der Waals surface area contributed by atoms with Crippen LogP contribution in [0.15, 0.2) is 24.3 Å². The third kappa shape index (κ3) is 2.89. The molecule has 1 fully saturated rings. The van der Waals surface area contributed by atoms with Gasteiger partial charge in [0.1, 0.15) is 0 Å². The fourth-order valence-corrected chi connectivity index (χ4v) is 3.94. The number of benzene rings is 1. The summed E-state index contributed by atoms with van der Waals surface area (Å²) in [7, 11) is 0. The Bertz CT molecular complexity index is 374. The Kier molecular flexibility index (Phi) is 4.09. The fourth-order valence-electron chi connectivity index (χ4n) is 1.91. The van der Waals surface area contributed by atoms with Gasteiger partial charge in [0.15, 0.2) is 0 Å². The molecule has 16 heavy (non-hydrogen) atoms. The topological polar surface area (TPSA) is 17.1 Å². The van der Waals surface area contributed by atoms with E-state index in [1.54, 1.807) is 0 Å². The van der Waals surface area contributed by atoms with Crippen LogP contribution in [-0.4, -0.2) is 15.2 Å². The van der Waals surface area contributed by atoms with Crippen LogP contribution in [0.3, 0.4) is 0 Å². The van der Waals surface area contributed by atoms with Gasteiger partial charge in [-0.05, 0) is 19.8 Å². The minimum atomic E-state index is 0.205. The molecular weight excluding hydrogens is 284 g/mol. The van der Waals surface area contributed by atoms with Crippen molar-refractivity contribution in [3.05, 3.63) is 35.4 Å². The van der Waals surface area contributed by atoms with Gasteiger partial charge in [-0.1, -0.05) is 63.9 Å². The maximum Gasteiger partial charge on any atom is 0.219 e. The van der Waals surface area contributed by atoms with Crippen LogP contribution in [0.5, 0.6) is 0 Å². The molecule has 1 aliphatic carbocycles. The molecule has 2 rings (SSSR count). The van der Waals surface area contributed by atoms with E-state index in [2.05, 4.69) is 15.9 Å².